The number of hydrogen-bond acceptors (Lipinski definition) is 3. The summed E-state index contributed by atoms with van der Waals surface area (Å²) in [5.74, 6) is 0. The molecule has 0 aliphatic heterocycles. The molecule has 0 amide bonds. The summed E-state index contributed by atoms with van der Waals surface area (Å²) >= 11 is 0. The molecule has 1 aliphatic rings. The van der Waals surface area contributed by atoms with E-state index in [0.29, 0.717) is 0 Å². The summed E-state index contributed by atoms with van der Waals surface area (Å²) in [6, 6.07) is 58.6. The number of hydrogen-bond donors (Lipinski definition) is 0. The summed E-state index contributed by atoms with van der Waals surface area (Å²) in [7, 11) is 0. The molecule has 0 saturated carbocycles. The van der Waals surface area contributed by atoms with Crippen LogP contribution in [0.25, 0.3) is 76.9 Å². The zero-order valence-corrected chi connectivity index (χ0v) is 28.9. The zero-order valence-electron chi connectivity index (χ0n) is 28.9. The molecule has 0 bridgehead atoms. The second-order valence-corrected chi connectivity index (χ2v) is 14.5. The smallest absolute Gasteiger partial charge is 0.147 e. The molecule has 246 valence electrons. The van der Waals surface area contributed by atoms with Crippen molar-refractivity contribution in [3.8, 4) is 22.3 Å². The van der Waals surface area contributed by atoms with Crippen LogP contribution in [0.1, 0.15) is 25.0 Å². The molecule has 0 fully saturated rings. The number of benzene rings is 8. The van der Waals surface area contributed by atoms with Gasteiger partial charge < -0.3 is 13.7 Å². The molecule has 11 rings (SSSR count). The molecule has 0 N–H and O–H groups in total. The second-order valence-electron chi connectivity index (χ2n) is 14.5. The van der Waals surface area contributed by atoms with Crippen molar-refractivity contribution in [3.05, 3.63) is 175 Å². The quantitative estimate of drug-likeness (QED) is 0.187. The predicted octanol–water partition coefficient (Wildman–Crippen LogP) is 14.1. The molecular weight excluding hydrogens is 635 g/mol. The van der Waals surface area contributed by atoms with Gasteiger partial charge in [-0.25, -0.2) is 0 Å². The summed E-state index contributed by atoms with van der Waals surface area (Å²) in [5, 5.41) is 6.53. The average molecular weight is 668 g/mol. The molecule has 1 aliphatic carbocycles. The van der Waals surface area contributed by atoms with Crippen molar-refractivity contribution in [1.29, 1.82) is 0 Å². The topological polar surface area (TPSA) is 29.5 Å². The Balaban J connectivity index is 1.14. The maximum Gasteiger partial charge on any atom is 0.147 e. The van der Waals surface area contributed by atoms with E-state index in [9.17, 15) is 0 Å². The minimum absolute atomic E-state index is 0.119. The van der Waals surface area contributed by atoms with Gasteiger partial charge in [-0.3, -0.25) is 0 Å². The number of nitrogens with zero attached hydrogens (tertiary/aromatic N) is 1. The highest BCUT2D eigenvalue weighted by Crippen LogP contribution is 2.51. The summed E-state index contributed by atoms with van der Waals surface area (Å²) in [5.41, 5.74) is 14.2. The fourth-order valence-electron chi connectivity index (χ4n) is 8.74. The zero-order chi connectivity index (χ0) is 34.6. The van der Waals surface area contributed by atoms with E-state index >= 15 is 0 Å². The van der Waals surface area contributed by atoms with Crippen molar-refractivity contribution in [2.75, 3.05) is 4.90 Å². The van der Waals surface area contributed by atoms with E-state index in [0.717, 1.165) is 71.7 Å². The van der Waals surface area contributed by atoms with Gasteiger partial charge in [-0.1, -0.05) is 129 Å². The third-order valence-corrected chi connectivity index (χ3v) is 11.3. The van der Waals surface area contributed by atoms with Gasteiger partial charge in [0.25, 0.3) is 0 Å². The number of fused-ring (bicyclic) bond motifs is 13. The highest BCUT2D eigenvalue weighted by Gasteiger charge is 2.35. The predicted molar refractivity (Wildman–Crippen MR) is 216 cm³/mol. The van der Waals surface area contributed by atoms with Crippen LogP contribution in [-0.2, 0) is 5.41 Å². The van der Waals surface area contributed by atoms with Crippen LogP contribution in [0.4, 0.5) is 17.1 Å². The lowest BCUT2D eigenvalue weighted by Crippen LogP contribution is -2.16. The second kappa shape index (κ2) is 10.7. The third-order valence-electron chi connectivity index (χ3n) is 11.3. The van der Waals surface area contributed by atoms with Gasteiger partial charge >= 0.3 is 0 Å². The number of rotatable bonds is 4. The minimum Gasteiger partial charge on any atom is -0.455 e. The van der Waals surface area contributed by atoms with E-state index in [1.54, 1.807) is 0 Å². The Morgan fingerprint density at radius 3 is 1.85 bits per heavy atom. The summed E-state index contributed by atoms with van der Waals surface area (Å²) in [4.78, 5) is 2.36. The van der Waals surface area contributed by atoms with Crippen molar-refractivity contribution in [3.63, 3.8) is 0 Å². The molecule has 0 spiro atoms. The first kappa shape index (κ1) is 29.2. The Morgan fingerprint density at radius 1 is 0.404 bits per heavy atom. The number of anilines is 3. The fraction of sp³-hybridized carbons (Fsp3) is 0.0612. The lowest BCUT2D eigenvalue weighted by molar-refractivity contribution is 0.660. The van der Waals surface area contributed by atoms with Gasteiger partial charge in [-0.15, -0.1) is 0 Å². The number of para-hydroxylation sites is 1. The van der Waals surface area contributed by atoms with Gasteiger partial charge in [0.1, 0.15) is 22.3 Å². The van der Waals surface area contributed by atoms with Crippen molar-refractivity contribution in [1.82, 2.24) is 0 Å². The normalized spacial score (nSPS) is 13.3. The maximum atomic E-state index is 6.87. The standard InChI is InChI=1S/C49H33NO2/c1-49(2)41-18-10-8-14-35(41)36-26-24-33(28-42(36)49)50(32-22-20-31(21-23-32)30-12-4-3-5-13-30)34-25-27-40-44(29-34)52-47-38-16-7-6-15-37(38)45-39-17-9-11-19-43(39)51-48(45)46(40)47/h3-29H,1-2H3. The first-order valence-electron chi connectivity index (χ1n) is 17.9. The molecule has 0 unspecified atom stereocenters. The van der Waals surface area contributed by atoms with Gasteiger partial charge in [0.2, 0.25) is 0 Å². The molecule has 52 heavy (non-hydrogen) atoms. The van der Waals surface area contributed by atoms with Gasteiger partial charge in [-0.05, 0) is 81.2 Å². The molecule has 2 aromatic heterocycles. The van der Waals surface area contributed by atoms with E-state index in [4.69, 9.17) is 8.83 Å². The maximum absolute atomic E-state index is 6.87. The first-order chi connectivity index (χ1) is 25.5. The molecule has 8 aromatic carbocycles. The van der Waals surface area contributed by atoms with E-state index < -0.39 is 0 Å². The first-order valence-corrected chi connectivity index (χ1v) is 17.9. The van der Waals surface area contributed by atoms with Crippen LogP contribution in [0.5, 0.6) is 0 Å². The van der Waals surface area contributed by atoms with Crippen LogP contribution in [0.15, 0.2) is 173 Å². The molecule has 2 heterocycles. The Bertz CT molecular complexity index is 3040. The van der Waals surface area contributed by atoms with Gasteiger partial charge in [0, 0.05) is 50.1 Å². The minimum atomic E-state index is -0.119. The average Bonchev–Trinajstić information content (AvgIpc) is 3.84. The van der Waals surface area contributed by atoms with E-state index in [-0.39, 0.29) is 5.41 Å². The summed E-state index contributed by atoms with van der Waals surface area (Å²) < 4.78 is 13.5. The molecule has 0 radical (unpaired) electrons. The van der Waals surface area contributed by atoms with Crippen molar-refractivity contribution in [2.45, 2.75) is 19.3 Å². The lowest BCUT2D eigenvalue weighted by Gasteiger charge is -2.28. The molecule has 0 saturated heterocycles. The largest absolute Gasteiger partial charge is 0.455 e. The Labute approximate surface area is 301 Å². The highest BCUT2D eigenvalue weighted by atomic mass is 16.3. The SMILES string of the molecule is CC1(C)c2ccccc2-c2ccc(N(c3ccc(-c4ccccc4)cc3)c3ccc4c(c3)oc3c5ccccc5c5c6ccccc6oc5c43)cc21. The molecule has 3 nitrogen and oxygen atoms in total. The van der Waals surface area contributed by atoms with Crippen molar-refractivity contribution in [2.24, 2.45) is 0 Å². The van der Waals surface area contributed by atoms with Crippen molar-refractivity contribution < 1.29 is 8.83 Å². The van der Waals surface area contributed by atoms with Crippen LogP contribution in [0, 0.1) is 0 Å². The van der Waals surface area contributed by atoms with E-state index in [2.05, 4.69) is 170 Å². The summed E-state index contributed by atoms with van der Waals surface area (Å²) in [6.07, 6.45) is 0. The van der Waals surface area contributed by atoms with Gasteiger partial charge in [-0.2, -0.15) is 0 Å². The molecule has 0 atom stereocenters. The Kier molecular flexibility index (Phi) is 6.01. The Morgan fingerprint density at radius 2 is 1.00 bits per heavy atom. The van der Waals surface area contributed by atoms with Crippen LogP contribution in [-0.4, -0.2) is 0 Å². The fourth-order valence-corrected chi connectivity index (χ4v) is 8.74. The Hall–Kier alpha value is -6.58. The highest BCUT2D eigenvalue weighted by molar-refractivity contribution is 6.33. The van der Waals surface area contributed by atoms with Crippen LogP contribution in [0.2, 0.25) is 0 Å². The molecule has 10 aromatic rings. The number of furan rings is 2. The van der Waals surface area contributed by atoms with Crippen LogP contribution >= 0.6 is 0 Å². The van der Waals surface area contributed by atoms with Crippen molar-refractivity contribution >= 4 is 71.7 Å². The van der Waals surface area contributed by atoms with Gasteiger partial charge in [0.15, 0.2) is 0 Å². The summed E-state index contributed by atoms with van der Waals surface area (Å²) in [6.45, 7) is 4.67. The molecular formula is C49H33NO2. The monoisotopic (exact) mass is 667 g/mol. The third kappa shape index (κ3) is 4.08. The van der Waals surface area contributed by atoms with Crippen LogP contribution < -0.4 is 4.90 Å². The lowest BCUT2D eigenvalue weighted by atomic mass is 9.82. The van der Waals surface area contributed by atoms with E-state index in [1.165, 1.54) is 33.4 Å². The molecule has 3 heteroatoms. The van der Waals surface area contributed by atoms with E-state index in [1.807, 2.05) is 12.1 Å². The van der Waals surface area contributed by atoms with Gasteiger partial charge in [0.05, 0.1) is 5.39 Å². The van der Waals surface area contributed by atoms with Crippen LogP contribution in [0.3, 0.4) is 0 Å².